The predicted octanol–water partition coefficient (Wildman–Crippen LogP) is 0.732. The first-order valence-electron chi connectivity index (χ1n) is 6.71. The first-order chi connectivity index (χ1) is 11.1. The fourth-order valence-corrected chi connectivity index (χ4v) is 3.60. The Morgan fingerprint density at radius 1 is 1.43 bits per heavy atom. The standard InChI is InChI=1S/C12H13N7O2S2/c1-3-22-12-17-16-11(23-12)15-8(20)5-19-6-13-9-7(10(19)21)4-14-18(9)2/h4,6H,3,5H2,1-2H3,(H,15,16,20). The van der Waals surface area contributed by atoms with E-state index in [4.69, 9.17) is 0 Å². The monoisotopic (exact) mass is 351 g/mol. The van der Waals surface area contributed by atoms with Gasteiger partial charge in [-0.25, -0.2) is 4.98 Å². The number of amides is 1. The highest BCUT2D eigenvalue weighted by atomic mass is 32.2. The van der Waals surface area contributed by atoms with Gasteiger partial charge in [0.25, 0.3) is 5.56 Å². The van der Waals surface area contributed by atoms with Crippen molar-refractivity contribution in [2.45, 2.75) is 17.8 Å². The Balaban J connectivity index is 1.74. The number of carbonyl (C=O) groups is 1. The van der Waals surface area contributed by atoms with E-state index >= 15 is 0 Å². The highest BCUT2D eigenvalue weighted by Gasteiger charge is 2.12. The second-order valence-corrected chi connectivity index (χ2v) is 7.03. The molecule has 0 spiro atoms. The minimum Gasteiger partial charge on any atom is -0.299 e. The summed E-state index contributed by atoms with van der Waals surface area (Å²) in [5, 5.41) is 15.3. The van der Waals surface area contributed by atoms with Gasteiger partial charge in [0, 0.05) is 7.05 Å². The van der Waals surface area contributed by atoms with Crippen molar-refractivity contribution >= 4 is 45.2 Å². The van der Waals surface area contributed by atoms with Gasteiger partial charge < -0.3 is 0 Å². The summed E-state index contributed by atoms with van der Waals surface area (Å²) in [5.74, 6) is 0.524. The van der Waals surface area contributed by atoms with Crippen LogP contribution >= 0.6 is 23.1 Å². The number of nitrogens with one attached hydrogen (secondary N) is 1. The van der Waals surface area contributed by atoms with Crippen molar-refractivity contribution in [1.82, 2.24) is 29.5 Å². The third-order valence-electron chi connectivity index (χ3n) is 2.95. The first-order valence-corrected chi connectivity index (χ1v) is 8.52. The second kappa shape index (κ2) is 6.46. The molecular weight excluding hydrogens is 338 g/mol. The summed E-state index contributed by atoms with van der Waals surface area (Å²) in [7, 11) is 1.70. The summed E-state index contributed by atoms with van der Waals surface area (Å²) in [5.41, 5.74) is 0.176. The minimum absolute atomic E-state index is 0.146. The second-order valence-electron chi connectivity index (χ2n) is 4.54. The average molecular weight is 351 g/mol. The summed E-state index contributed by atoms with van der Waals surface area (Å²) in [6.07, 6.45) is 2.78. The molecule has 9 nitrogen and oxygen atoms in total. The molecule has 0 unspecified atom stereocenters. The van der Waals surface area contributed by atoms with E-state index in [9.17, 15) is 9.59 Å². The first kappa shape index (κ1) is 15.6. The number of aryl methyl sites for hydroxylation is 1. The van der Waals surface area contributed by atoms with E-state index in [0.29, 0.717) is 16.2 Å². The number of carbonyl (C=O) groups excluding carboxylic acids is 1. The summed E-state index contributed by atoms with van der Waals surface area (Å²) in [6, 6.07) is 0. The molecule has 0 aliphatic carbocycles. The fraction of sp³-hybridized carbons (Fsp3) is 0.333. The topological polar surface area (TPSA) is 108 Å². The Labute approximate surface area is 138 Å². The molecule has 0 atom stereocenters. The molecule has 120 valence electrons. The molecule has 3 rings (SSSR count). The van der Waals surface area contributed by atoms with E-state index in [1.807, 2.05) is 6.92 Å². The van der Waals surface area contributed by atoms with Crippen LogP contribution in [0.1, 0.15) is 6.92 Å². The number of nitrogens with zero attached hydrogens (tertiary/aromatic N) is 6. The van der Waals surface area contributed by atoms with Crippen molar-refractivity contribution in [2.24, 2.45) is 7.05 Å². The van der Waals surface area contributed by atoms with Gasteiger partial charge in [-0.1, -0.05) is 30.0 Å². The Morgan fingerprint density at radius 3 is 3.04 bits per heavy atom. The number of rotatable bonds is 5. The Bertz CT molecular complexity index is 914. The third kappa shape index (κ3) is 3.24. The molecule has 0 fully saturated rings. The van der Waals surface area contributed by atoms with Crippen molar-refractivity contribution in [3.05, 3.63) is 22.9 Å². The largest absolute Gasteiger partial charge is 0.299 e. The van der Waals surface area contributed by atoms with Crippen LogP contribution in [0.4, 0.5) is 5.13 Å². The highest BCUT2D eigenvalue weighted by molar-refractivity contribution is 8.01. The number of thioether (sulfide) groups is 1. The van der Waals surface area contributed by atoms with Crippen molar-refractivity contribution in [1.29, 1.82) is 0 Å². The molecule has 23 heavy (non-hydrogen) atoms. The van der Waals surface area contributed by atoms with E-state index in [-0.39, 0.29) is 18.0 Å². The van der Waals surface area contributed by atoms with Crippen molar-refractivity contribution in [3.8, 4) is 0 Å². The van der Waals surface area contributed by atoms with Gasteiger partial charge in [-0.3, -0.25) is 24.2 Å². The van der Waals surface area contributed by atoms with Crippen LogP contribution in [0.5, 0.6) is 0 Å². The quantitative estimate of drug-likeness (QED) is 0.533. The van der Waals surface area contributed by atoms with E-state index in [1.54, 1.807) is 18.8 Å². The molecule has 3 aromatic rings. The van der Waals surface area contributed by atoms with Crippen molar-refractivity contribution in [3.63, 3.8) is 0 Å². The normalized spacial score (nSPS) is 11.0. The maximum atomic E-state index is 12.3. The third-order valence-corrected chi connectivity index (χ3v) is 4.81. The zero-order valence-corrected chi connectivity index (χ0v) is 14.0. The van der Waals surface area contributed by atoms with E-state index in [2.05, 4.69) is 25.6 Å². The van der Waals surface area contributed by atoms with Crippen LogP contribution in [0, 0.1) is 0 Å². The summed E-state index contributed by atoms with van der Waals surface area (Å²) < 4.78 is 3.54. The number of hydrogen-bond acceptors (Lipinski definition) is 8. The van der Waals surface area contributed by atoms with Gasteiger partial charge in [0.05, 0.1) is 6.20 Å². The van der Waals surface area contributed by atoms with Gasteiger partial charge in [0.2, 0.25) is 11.0 Å². The van der Waals surface area contributed by atoms with Crippen LogP contribution in [0.25, 0.3) is 11.0 Å². The lowest BCUT2D eigenvalue weighted by atomic mass is 10.4. The van der Waals surface area contributed by atoms with E-state index in [1.165, 1.54) is 33.1 Å². The molecule has 3 aromatic heterocycles. The van der Waals surface area contributed by atoms with Crippen LogP contribution in [0.3, 0.4) is 0 Å². The van der Waals surface area contributed by atoms with E-state index in [0.717, 1.165) is 10.1 Å². The number of aromatic nitrogens is 6. The van der Waals surface area contributed by atoms with Gasteiger partial charge in [0.15, 0.2) is 9.99 Å². The number of anilines is 1. The maximum absolute atomic E-state index is 12.3. The molecule has 0 aliphatic rings. The van der Waals surface area contributed by atoms with Gasteiger partial charge in [-0.2, -0.15) is 5.10 Å². The fourth-order valence-electron chi connectivity index (χ4n) is 1.93. The molecule has 3 heterocycles. The molecule has 1 N–H and O–H groups in total. The highest BCUT2D eigenvalue weighted by Crippen LogP contribution is 2.24. The lowest BCUT2D eigenvalue weighted by Gasteiger charge is -2.04. The summed E-state index contributed by atoms with van der Waals surface area (Å²) in [4.78, 5) is 28.5. The van der Waals surface area contributed by atoms with E-state index < -0.39 is 0 Å². The minimum atomic E-state index is -0.360. The van der Waals surface area contributed by atoms with Gasteiger partial charge in [0.1, 0.15) is 18.3 Å². The lowest BCUT2D eigenvalue weighted by molar-refractivity contribution is -0.116. The molecule has 11 heteroatoms. The summed E-state index contributed by atoms with van der Waals surface area (Å²) >= 11 is 2.85. The predicted molar refractivity (Wildman–Crippen MR) is 87.7 cm³/mol. The van der Waals surface area contributed by atoms with Crippen LogP contribution in [0.15, 0.2) is 21.7 Å². The summed E-state index contributed by atoms with van der Waals surface area (Å²) in [6.45, 7) is 1.87. The van der Waals surface area contributed by atoms with Gasteiger partial charge in [-0.15, -0.1) is 10.2 Å². The zero-order chi connectivity index (χ0) is 16.4. The molecule has 0 bridgehead atoms. The lowest BCUT2D eigenvalue weighted by Crippen LogP contribution is -2.27. The SMILES string of the molecule is CCSc1nnc(NC(=O)Cn2cnc3c(cnn3C)c2=O)s1. The smallest absolute Gasteiger partial charge is 0.264 e. The number of fused-ring (bicyclic) bond motifs is 1. The Hall–Kier alpha value is -2.27. The Kier molecular flexibility index (Phi) is 4.39. The van der Waals surface area contributed by atoms with Gasteiger partial charge in [-0.05, 0) is 5.75 Å². The van der Waals surface area contributed by atoms with Crippen LogP contribution in [-0.4, -0.2) is 41.2 Å². The van der Waals surface area contributed by atoms with Crippen LogP contribution in [-0.2, 0) is 18.4 Å². The van der Waals surface area contributed by atoms with Gasteiger partial charge >= 0.3 is 0 Å². The Morgan fingerprint density at radius 2 is 2.26 bits per heavy atom. The molecular formula is C12H13N7O2S2. The molecule has 1 amide bonds. The molecule has 0 aliphatic heterocycles. The molecule has 0 saturated carbocycles. The van der Waals surface area contributed by atoms with Crippen LogP contribution in [0.2, 0.25) is 0 Å². The maximum Gasteiger partial charge on any atom is 0.264 e. The zero-order valence-electron chi connectivity index (χ0n) is 12.4. The molecule has 0 saturated heterocycles. The molecule has 0 aromatic carbocycles. The number of hydrogen-bond donors (Lipinski definition) is 1. The molecule has 0 radical (unpaired) electrons. The van der Waals surface area contributed by atoms with Crippen molar-refractivity contribution < 1.29 is 4.79 Å². The van der Waals surface area contributed by atoms with Crippen molar-refractivity contribution in [2.75, 3.05) is 11.1 Å². The van der Waals surface area contributed by atoms with Crippen LogP contribution < -0.4 is 10.9 Å². The average Bonchev–Trinajstić information content (AvgIpc) is 3.10.